The van der Waals surface area contributed by atoms with Crippen molar-refractivity contribution in [1.29, 1.82) is 0 Å². The first-order valence-corrected chi connectivity index (χ1v) is 4.37. The summed E-state index contributed by atoms with van der Waals surface area (Å²) >= 11 is 0. The molecule has 1 nitrogen and oxygen atoms in total. The Hall–Kier alpha value is -0.590. The Morgan fingerprint density at radius 2 is 2.45 bits per heavy atom. The molecule has 0 aliphatic heterocycles. The van der Waals surface area contributed by atoms with Crippen molar-refractivity contribution in [1.82, 2.24) is 0 Å². The summed E-state index contributed by atoms with van der Waals surface area (Å²) in [5.41, 5.74) is 0. The zero-order valence-electron chi connectivity index (χ0n) is 7.18. The fourth-order valence-corrected chi connectivity index (χ4v) is 1.59. The van der Waals surface area contributed by atoms with Crippen LogP contribution in [0.25, 0.3) is 0 Å². The van der Waals surface area contributed by atoms with Gasteiger partial charge in [0.1, 0.15) is 5.78 Å². The number of carbonyl (C=O) groups excluding carboxylic acids is 1. The average molecular weight is 152 g/mol. The minimum Gasteiger partial charge on any atom is -0.300 e. The predicted molar refractivity (Wildman–Crippen MR) is 46.3 cm³/mol. The normalized spacial score (nSPS) is 28.1. The van der Waals surface area contributed by atoms with Crippen molar-refractivity contribution in [3.05, 3.63) is 12.7 Å². The Bertz CT molecular complexity index is 160. The highest BCUT2D eigenvalue weighted by atomic mass is 16.1. The Kier molecular flexibility index (Phi) is 2.86. The second-order valence-electron chi connectivity index (χ2n) is 3.43. The molecular weight excluding hydrogens is 136 g/mol. The van der Waals surface area contributed by atoms with Crippen LogP contribution in [-0.4, -0.2) is 5.78 Å². The molecule has 1 aliphatic carbocycles. The van der Waals surface area contributed by atoms with Crippen molar-refractivity contribution >= 4 is 5.78 Å². The molecule has 0 aromatic carbocycles. The zero-order chi connectivity index (χ0) is 8.27. The smallest absolute Gasteiger partial charge is 0.133 e. The van der Waals surface area contributed by atoms with Crippen molar-refractivity contribution in [3.63, 3.8) is 0 Å². The van der Waals surface area contributed by atoms with E-state index in [2.05, 4.69) is 6.58 Å². The van der Waals surface area contributed by atoms with Gasteiger partial charge in [-0.25, -0.2) is 0 Å². The van der Waals surface area contributed by atoms with Crippen LogP contribution in [0.4, 0.5) is 0 Å². The maximum absolute atomic E-state index is 10.8. The standard InChI is InChI=1S/C10H16O/c1-3-4-5-6-9-7-10(9)8(2)11/h3,9-10H,1,4-7H2,2H3. The van der Waals surface area contributed by atoms with Crippen LogP contribution in [0.3, 0.4) is 0 Å². The van der Waals surface area contributed by atoms with Gasteiger partial charge in [-0.05, 0) is 38.5 Å². The summed E-state index contributed by atoms with van der Waals surface area (Å²) in [5.74, 6) is 1.51. The van der Waals surface area contributed by atoms with Crippen LogP contribution in [-0.2, 0) is 4.79 Å². The first kappa shape index (κ1) is 8.51. The molecule has 0 N–H and O–H groups in total. The molecule has 0 heterocycles. The third kappa shape index (κ3) is 2.49. The summed E-state index contributed by atoms with van der Waals surface area (Å²) < 4.78 is 0. The van der Waals surface area contributed by atoms with Crippen molar-refractivity contribution in [3.8, 4) is 0 Å². The van der Waals surface area contributed by atoms with Gasteiger partial charge < -0.3 is 0 Å². The van der Waals surface area contributed by atoms with Crippen LogP contribution in [0, 0.1) is 11.8 Å². The Labute approximate surface area is 68.5 Å². The molecule has 1 saturated carbocycles. The van der Waals surface area contributed by atoms with Gasteiger partial charge in [0, 0.05) is 5.92 Å². The van der Waals surface area contributed by atoms with E-state index in [1.807, 2.05) is 6.08 Å². The summed E-state index contributed by atoms with van der Waals surface area (Å²) in [6, 6.07) is 0. The third-order valence-corrected chi connectivity index (χ3v) is 2.43. The molecule has 2 unspecified atom stereocenters. The molecule has 1 rings (SSSR count). The van der Waals surface area contributed by atoms with Gasteiger partial charge in [0.15, 0.2) is 0 Å². The topological polar surface area (TPSA) is 17.1 Å². The van der Waals surface area contributed by atoms with Crippen LogP contribution in [0.1, 0.15) is 32.6 Å². The van der Waals surface area contributed by atoms with Crippen LogP contribution in [0.5, 0.6) is 0 Å². The van der Waals surface area contributed by atoms with Crippen molar-refractivity contribution in [2.24, 2.45) is 11.8 Å². The highest BCUT2D eigenvalue weighted by Gasteiger charge is 2.39. The molecule has 0 aromatic rings. The van der Waals surface area contributed by atoms with Gasteiger partial charge >= 0.3 is 0 Å². The summed E-state index contributed by atoms with van der Waals surface area (Å²) in [6.07, 6.45) is 6.62. The molecule has 0 radical (unpaired) electrons. The molecule has 0 amide bonds. The number of ketones is 1. The fourth-order valence-electron chi connectivity index (χ4n) is 1.59. The monoisotopic (exact) mass is 152 g/mol. The van der Waals surface area contributed by atoms with Crippen LogP contribution in [0.15, 0.2) is 12.7 Å². The van der Waals surface area contributed by atoms with E-state index in [0.29, 0.717) is 17.6 Å². The lowest BCUT2D eigenvalue weighted by Crippen LogP contribution is -1.94. The predicted octanol–water partition coefficient (Wildman–Crippen LogP) is 2.57. The number of hydrogen-bond donors (Lipinski definition) is 0. The summed E-state index contributed by atoms with van der Waals surface area (Å²) in [5, 5.41) is 0. The number of allylic oxidation sites excluding steroid dienone is 1. The molecule has 1 fully saturated rings. The zero-order valence-corrected chi connectivity index (χ0v) is 7.18. The molecule has 62 valence electrons. The summed E-state index contributed by atoms with van der Waals surface area (Å²) in [6.45, 7) is 5.37. The van der Waals surface area contributed by atoms with E-state index in [9.17, 15) is 4.79 Å². The number of unbranched alkanes of at least 4 members (excludes halogenated alkanes) is 1. The highest BCUT2D eigenvalue weighted by Crippen LogP contribution is 2.42. The second kappa shape index (κ2) is 3.70. The number of hydrogen-bond acceptors (Lipinski definition) is 1. The van der Waals surface area contributed by atoms with Crippen LogP contribution < -0.4 is 0 Å². The first-order chi connectivity index (χ1) is 5.25. The lowest BCUT2D eigenvalue weighted by Gasteiger charge is -1.94. The van der Waals surface area contributed by atoms with E-state index < -0.39 is 0 Å². The third-order valence-electron chi connectivity index (χ3n) is 2.43. The Morgan fingerprint density at radius 3 is 2.91 bits per heavy atom. The molecular formula is C10H16O. The quantitative estimate of drug-likeness (QED) is 0.437. The molecule has 0 bridgehead atoms. The molecule has 11 heavy (non-hydrogen) atoms. The van der Waals surface area contributed by atoms with E-state index in [4.69, 9.17) is 0 Å². The van der Waals surface area contributed by atoms with Gasteiger partial charge in [0.25, 0.3) is 0 Å². The number of Topliss-reactive ketones (excluding diaryl/α,β-unsaturated/α-hetero) is 1. The van der Waals surface area contributed by atoms with E-state index in [1.54, 1.807) is 6.92 Å². The Morgan fingerprint density at radius 1 is 1.73 bits per heavy atom. The molecule has 1 aliphatic rings. The largest absolute Gasteiger partial charge is 0.300 e. The molecule has 2 atom stereocenters. The van der Waals surface area contributed by atoms with Crippen molar-refractivity contribution < 1.29 is 4.79 Å². The van der Waals surface area contributed by atoms with Crippen LogP contribution >= 0.6 is 0 Å². The highest BCUT2D eigenvalue weighted by molar-refractivity contribution is 5.81. The SMILES string of the molecule is C=CCCCC1CC1C(C)=O. The number of rotatable bonds is 5. The van der Waals surface area contributed by atoms with Gasteiger partial charge in [-0.3, -0.25) is 4.79 Å². The average Bonchev–Trinajstić information content (AvgIpc) is 2.68. The molecule has 0 spiro atoms. The minimum absolute atomic E-state index is 0.383. The second-order valence-corrected chi connectivity index (χ2v) is 3.43. The molecule has 0 aromatic heterocycles. The Balaban J connectivity index is 2.04. The van der Waals surface area contributed by atoms with Crippen molar-refractivity contribution in [2.75, 3.05) is 0 Å². The van der Waals surface area contributed by atoms with E-state index in [-0.39, 0.29) is 0 Å². The van der Waals surface area contributed by atoms with Gasteiger partial charge in [-0.2, -0.15) is 0 Å². The minimum atomic E-state index is 0.383. The summed E-state index contributed by atoms with van der Waals surface area (Å²) in [4.78, 5) is 10.8. The summed E-state index contributed by atoms with van der Waals surface area (Å²) in [7, 11) is 0. The van der Waals surface area contributed by atoms with E-state index >= 15 is 0 Å². The molecule has 1 heteroatoms. The fraction of sp³-hybridized carbons (Fsp3) is 0.700. The van der Waals surface area contributed by atoms with Gasteiger partial charge in [0.2, 0.25) is 0 Å². The lowest BCUT2D eigenvalue weighted by atomic mass is 10.1. The van der Waals surface area contributed by atoms with Crippen LogP contribution in [0.2, 0.25) is 0 Å². The first-order valence-electron chi connectivity index (χ1n) is 4.37. The van der Waals surface area contributed by atoms with E-state index in [1.165, 1.54) is 12.8 Å². The van der Waals surface area contributed by atoms with Gasteiger partial charge in [-0.1, -0.05) is 6.08 Å². The van der Waals surface area contributed by atoms with Gasteiger partial charge in [0.05, 0.1) is 0 Å². The number of carbonyl (C=O) groups is 1. The van der Waals surface area contributed by atoms with Gasteiger partial charge in [-0.15, -0.1) is 6.58 Å². The maximum atomic E-state index is 10.8. The molecule has 0 saturated heterocycles. The van der Waals surface area contributed by atoms with Crippen molar-refractivity contribution in [2.45, 2.75) is 32.6 Å². The lowest BCUT2D eigenvalue weighted by molar-refractivity contribution is -0.118. The maximum Gasteiger partial charge on any atom is 0.133 e. The van der Waals surface area contributed by atoms with E-state index in [0.717, 1.165) is 12.8 Å².